The molecular formula is C20H17ClN2O3. The van der Waals surface area contributed by atoms with E-state index in [0.717, 1.165) is 0 Å². The van der Waals surface area contributed by atoms with Crippen LogP contribution < -0.4 is 10.1 Å². The number of phenolic OH excluding ortho intramolecular Hbond substituents is 1. The van der Waals surface area contributed by atoms with Gasteiger partial charge in [-0.2, -0.15) is 5.26 Å². The first kappa shape index (κ1) is 19.1. The molecule has 2 rings (SSSR count). The molecule has 5 nitrogen and oxygen atoms in total. The third-order valence-electron chi connectivity index (χ3n) is 3.56. The SMILES string of the molecule is C=CCc1cc(/C=C(/C#N)C(=O)Nc2ccccc2Cl)cc(OC)c1O. The standard InChI is InChI=1S/C20H17ClN2O3/c1-3-6-14-9-13(11-18(26-2)19(14)24)10-15(12-22)20(25)23-17-8-5-4-7-16(17)21/h3-5,7-11,24H,1,6H2,2H3,(H,23,25)/b15-10-. The average Bonchev–Trinajstić information content (AvgIpc) is 2.64. The van der Waals surface area contributed by atoms with E-state index < -0.39 is 5.91 Å². The number of hydrogen-bond acceptors (Lipinski definition) is 4. The Hall–Kier alpha value is -3.23. The summed E-state index contributed by atoms with van der Waals surface area (Å²) in [4.78, 5) is 12.4. The summed E-state index contributed by atoms with van der Waals surface area (Å²) in [6, 6.07) is 11.8. The van der Waals surface area contributed by atoms with Gasteiger partial charge in [-0.3, -0.25) is 4.79 Å². The first-order valence-corrected chi connectivity index (χ1v) is 8.06. The molecule has 0 aliphatic heterocycles. The normalized spacial score (nSPS) is 10.7. The van der Waals surface area contributed by atoms with Gasteiger partial charge in [-0.1, -0.05) is 29.8 Å². The Morgan fingerprint density at radius 2 is 2.15 bits per heavy atom. The van der Waals surface area contributed by atoms with Gasteiger partial charge in [0.1, 0.15) is 11.6 Å². The largest absolute Gasteiger partial charge is 0.504 e. The summed E-state index contributed by atoms with van der Waals surface area (Å²) < 4.78 is 5.15. The van der Waals surface area contributed by atoms with E-state index in [-0.39, 0.29) is 17.1 Å². The van der Waals surface area contributed by atoms with E-state index in [0.29, 0.717) is 28.3 Å². The third kappa shape index (κ3) is 4.44. The number of nitriles is 1. The Morgan fingerprint density at radius 1 is 1.42 bits per heavy atom. The van der Waals surface area contributed by atoms with E-state index in [2.05, 4.69) is 11.9 Å². The number of methoxy groups -OCH3 is 1. The summed E-state index contributed by atoms with van der Waals surface area (Å²) >= 11 is 6.02. The number of hydrogen-bond donors (Lipinski definition) is 2. The van der Waals surface area contributed by atoms with E-state index in [1.807, 2.05) is 6.07 Å². The summed E-state index contributed by atoms with van der Waals surface area (Å²) in [6.45, 7) is 3.65. The minimum atomic E-state index is -0.585. The summed E-state index contributed by atoms with van der Waals surface area (Å²) in [5.41, 5.74) is 1.43. The lowest BCUT2D eigenvalue weighted by atomic mass is 10.0. The monoisotopic (exact) mass is 368 g/mol. The topological polar surface area (TPSA) is 82.4 Å². The minimum Gasteiger partial charge on any atom is -0.504 e. The van der Waals surface area contributed by atoms with Gasteiger partial charge in [0.05, 0.1) is 17.8 Å². The molecule has 132 valence electrons. The van der Waals surface area contributed by atoms with Crippen molar-refractivity contribution in [3.63, 3.8) is 0 Å². The number of carbonyl (C=O) groups is 1. The van der Waals surface area contributed by atoms with Gasteiger partial charge >= 0.3 is 0 Å². The van der Waals surface area contributed by atoms with Crippen LogP contribution >= 0.6 is 11.6 Å². The van der Waals surface area contributed by atoms with Crippen LogP contribution in [-0.4, -0.2) is 18.1 Å². The van der Waals surface area contributed by atoms with Gasteiger partial charge in [0.25, 0.3) is 5.91 Å². The molecular weight excluding hydrogens is 352 g/mol. The minimum absolute atomic E-state index is 0.00331. The molecule has 2 aromatic carbocycles. The van der Waals surface area contributed by atoms with Gasteiger partial charge in [-0.15, -0.1) is 6.58 Å². The van der Waals surface area contributed by atoms with Crippen LogP contribution in [0.2, 0.25) is 5.02 Å². The second kappa shape index (κ2) is 8.75. The highest BCUT2D eigenvalue weighted by Crippen LogP contribution is 2.33. The first-order valence-electron chi connectivity index (χ1n) is 7.68. The van der Waals surface area contributed by atoms with Gasteiger partial charge in [0.2, 0.25) is 0 Å². The predicted molar refractivity (Wildman–Crippen MR) is 102 cm³/mol. The smallest absolute Gasteiger partial charge is 0.266 e. The Balaban J connectivity index is 2.37. The number of nitrogens with one attached hydrogen (secondary N) is 1. The number of halogens is 1. The fourth-order valence-electron chi connectivity index (χ4n) is 2.31. The molecule has 0 saturated heterocycles. The third-order valence-corrected chi connectivity index (χ3v) is 3.89. The zero-order valence-corrected chi connectivity index (χ0v) is 14.9. The second-order valence-corrected chi connectivity index (χ2v) is 5.73. The lowest BCUT2D eigenvalue weighted by Crippen LogP contribution is -2.13. The van der Waals surface area contributed by atoms with E-state index >= 15 is 0 Å². The quantitative estimate of drug-likeness (QED) is 0.451. The fraction of sp³-hybridized carbons (Fsp3) is 0.100. The zero-order chi connectivity index (χ0) is 19.1. The van der Waals surface area contributed by atoms with Gasteiger partial charge in [-0.05, 0) is 42.3 Å². The lowest BCUT2D eigenvalue weighted by Gasteiger charge is -2.10. The lowest BCUT2D eigenvalue weighted by molar-refractivity contribution is -0.112. The molecule has 2 aromatic rings. The van der Waals surface area contributed by atoms with Crippen LogP contribution in [0.4, 0.5) is 5.69 Å². The van der Waals surface area contributed by atoms with Crippen molar-refractivity contribution in [3.8, 4) is 17.6 Å². The Bertz CT molecular complexity index is 914. The number of para-hydroxylation sites is 1. The van der Waals surface area contributed by atoms with Crippen molar-refractivity contribution in [1.29, 1.82) is 5.26 Å². The highest BCUT2D eigenvalue weighted by molar-refractivity contribution is 6.34. The molecule has 6 heteroatoms. The number of ether oxygens (including phenoxy) is 1. The molecule has 0 heterocycles. The van der Waals surface area contributed by atoms with E-state index in [4.69, 9.17) is 16.3 Å². The molecule has 0 spiro atoms. The number of benzene rings is 2. The van der Waals surface area contributed by atoms with Crippen molar-refractivity contribution in [2.45, 2.75) is 6.42 Å². The number of amides is 1. The van der Waals surface area contributed by atoms with Crippen molar-refractivity contribution in [2.75, 3.05) is 12.4 Å². The molecule has 26 heavy (non-hydrogen) atoms. The van der Waals surface area contributed by atoms with Crippen LogP contribution in [0.1, 0.15) is 11.1 Å². The summed E-state index contributed by atoms with van der Waals surface area (Å²) in [5, 5.41) is 22.4. The van der Waals surface area contributed by atoms with Crippen LogP contribution in [0.25, 0.3) is 6.08 Å². The number of aromatic hydroxyl groups is 1. The number of carbonyl (C=O) groups excluding carboxylic acids is 1. The molecule has 0 aromatic heterocycles. The van der Waals surface area contributed by atoms with Crippen molar-refractivity contribution >= 4 is 29.3 Å². The number of nitrogens with zero attached hydrogens (tertiary/aromatic N) is 1. The zero-order valence-electron chi connectivity index (χ0n) is 14.1. The molecule has 2 N–H and O–H groups in total. The van der Waals surface area contributed by atoms with Gasteiger partial charge in [0.15, 0.2) is 11.5 Å². The van der Waals surface area contributed by atoms with Crippen molar-refractivity contribution in [2.24, 2.45) is 0 Å². The number of rotatable bonds is 6. The maximum Gasteiger partial charge on any atom is 0.266 e. The fourth-order valence-corrected chi connectivity index (χ4v) is 2.49. The molecule has 0 saturated carbocycles. The van der Waals surface area contributed by atoms with Crippen molar-refractivity contribution < 1.29 is 14.6 Å². The number of anilines is 1. The highest BCUT2D eigenvalue weighted by Gasteiger charge is 2.13. The van der Waals surface area contributed by atoms with E-state index in [1.165, 1.54) is 13.2 Å². The van der Waals surface area contributed by atoms with Crippen LogP contribution in [0.3, 0.4) is 0 Å². The van der Waals surface area contributed by atoms with Crippen molar-refractivity contribution in [1.82, 2.24) is 0 Å². The van der Waals surface area contributed by atoms with E-state index in [9.17, 15) is 15.2 Å². The Kier molecular flexibility index (Phi) is 6.42. The molecule has 0 atom stereocenters. The molecule has 0 aliphatic rings. The highest BCUT2D eigenvalue weighted by atomic mass is 35.5. The molecule has 0 radical (unpaired) electrons. The van der Waals surface area contributed by atoms with Gasteiger partial charge < -0.3 is 15.2 Å². The summed E-state index contributed by atoms with van der Waals surface area (Å²) in [7, 11) is 1.43. The Labute approximate surface area is 156 Å². The van der Waals surface area contributed by atoms with Gasteiger partial charge in [-0.25, -0.2) is 0 Å². The molecule has 0 unspecified atom stereocenters. The number of allylic oxidation sites excluding steroid dienone is 1. The summed E-state index contributed by atoms with van der Waals surface area (Å²) in [5.74, 6) is -0.333. The van der Waals surface area contributed by atoms with Crippen LogP contribution in [-0.2, 0) is 11.2 Å². The van der Waals surface area contributed by atoms with Gasteiger partial charge in [0, 0.05) is 5.56 Å². The average molecular weight is 369 g/mol. The molecule has 0 bridgehead atoms. The molecule has 0 aliphatic carbocycles. The maximum absolute atomic E-state index is 12.4. The second-order valence-electron chi connectivity index (χ2n) is 5.33. The Morgan fingerprint density at radius 3 is 2.77 bits per heavy atom. The molecule has 1 amide bonds. The molecule has 0 fully saturated rings. The van der Waals surface area contributed by atoms with Crippen molar-refractivity contribution in [3.05, 3.63) is 70.8 Å². The van der Waals surface area contributed by atoms with Crippen LogP contribution in [0, 0.1) is 11.3 Å². The number of phenols is 1. The summed E-state index contributed by atoms with van der Waals surface area (Å²) in [6.07, 6.45) is 3.47. The van der Waals surface area contributed by atoms with E-state index in [1.54, 1.807) is 42.5 Å². The van der Waals surface area contributed by atoms with Crippen LogP contribution in [0.15, 0.2) is 54.6 Å². The predicted octanol–water partition coefficient (Wildman–Crippen LogP) is 4.33. The maximum atomic E-state index is 12.4. The first-order chi connectivity index (χ1) is 12.5. The van der Waals surface area contributed by atoms with Crippen LogP contribution in [0.5, 0.6) is 11.5 Å².